The highest BCUT2D eigenvalue weighted by Gasteiger charge is 2.24. The van der Waals surface area contributed by atoms with Gasteiger partial charge in [0.2, 0.25) is 5.91 Å². The Morgan fingerprint density at radius 1 is 1.50 bits per heavy atom. The van der Waals surface area contributed by atoms with Gasteiger partial charge in [0, 0.05) is 24.6 Å². The Labute approximate surface area is 129 Å². The van der Waals surface area contributed by atoms with E-state index in [0.29, 0.717) is 19.0 Å². The van der Waals surface area contributed by atoms with Gasteiger partial charge in [-0.15, -0.1) is 0 Å². The summed E-state index contributed by atoms with van der Waals surface area (Å²) in [6, 6.07) is 8.01. The van der Waals surface area contributed by atoms with Crippen molar-refractivity contribution < 1.29 is 4.79 Å². The zero-order chi connectivity index (χ0) is 14.5. The van der Waals surface area contributed by atoms with Gasteiger partial charge in [-0.3, -0.25) is 9.69 Å². The lowest BCUT2D eigenvalue weighted by atomic mass is 10.1. The summed E-state index contributed by atoms with van der Waals surface area (Å²) in [5.74, 6) is 0.717. The number of carbonyl (C=O) groups excluding carboxylic acids is 1. The maximum absolute atomic E-state index is 12.2. The van der Waals surface area contributed by atoms with Crippen LogP contribution in [0.4, 0.5) is 0 Å². The number of halogens is 1. The van der Waals surface area contributed by atoms with Gasteiger partial charge in [-0.05, 0) is 37.1 Å². The molecule has 1 heterocycles. The molecule has 2 N–H and O–H groups in total. The monoisotopic (exact) mass is 339 g/mol. The van der Waals surface area contributed by atoms with Crippen molar-refractivity contribution >= 4 is 21.8 Å². The van der Waals surface area contributed by atoms with Gasteiger partial charge < -0.3 is 10.6 Å². The Bertz CT molecular complexity index is 466. The van der Waals surface area contributed by atoms with Crippen LogP contribution in [0.25, 0.3) is 0 Å². The molecule has 5 heteroatoms. The van der Waals surface area contributed by atoms with Crippen LogP contribution in [0.15, 0.2) is 28.7 Å². The maximum atomic E-state index is 12.2. The van der Waals surface area contributed by atoms with Crippen LogP contribution in [-0.4, -0.2) is 48.9 Å². The highest BCUT2D eigenvalue weighted by Crippen LogP contribution is 2.18. The SMILES string of the molecule is CN(Cc1ccccc1Br)C(=O)CN1CCC(CN)C1. The molecule has 0 aliphatic carbocycles. The van der Waals surface area contributed by atoms with E-state index in [1.807, 2.05) is 31.3 Å². The molecule has 1 aromatic rings. The first-order valence-corrected chi connectivity index (χ1v) is 7.79. The van der Waals surface area contributed by atoms with E-state index >= 15 is 0 Å². The molecule has 4 nitrogen and oxygen atoms in total. The molecule has 1 unspecified atom stereocenters. The lowest BCUT2D eigenvalue weighted by Gasteiger charge is -2.22. The minimum Gasteiger partial charge on any atom is -0.340 e. The van der Waals surface area contributed by atoms with Crippen molar-refractivity contribution in [3.8, 4) is 0 Å². The summed E-state index contributed by atoms with van der Waals surface area (Å²) in [7, 11) is 1.86. The van der Waals surface area contributed by atoms with Gasteiger partial charge >= 0.3 is 0 Å². The van der Waals surface area contributed by atoms with Crippen molar-refractivity contribution in [2.75, 3.05) is 33.2 Å². The van der Waals surface area contributed by atoms with Gasteiger partial charge in [-0.25, -0.2) is 0 Å². The van der Waals surface area contributed by atoms with Crippen LogP contribution in [0.5, 0.6) is 0 Å². The van der Waals surface area contributed by atoms with Crippen LogP contribution in [0.2, 0.25) is 0 Å². The van der Waals surface area contributed by atoms with Crippen LogP contribution in [0, 0.1) is 5.92 Å². The molecule has 20 heavy (non-hydrogen) atoms. The summed E-state index contributed by atoms with van der Waals surface area (Å²) in [5, 5.41) is 0. The summed E-state index contributed by atoms with van der Waals surface area (Å²) >= 11 is 3.52. The fourth-order valence-corrected chi connectivity index (χ4v) is 2.94. The van der Waals surface area contributed by atoms with Crippen molar-refractivity contribution in [3.05, 3.63) is 34.3 Å². The van der Waals surface area contributed by atoms with Crippen molar-refractivity contribution in [1.29, 1.82) is 0 Å². The predicted molar refractivity (Wildman–Crippen MR) is 84.2 cm³/mol. The van der Waals surface area contributed by atoms with E-state index < -0.39 is 0 Å². The number of carbonyl (C=O) groups is 1. The summed E-state index contributed by atoms with van der Waals surface area (Å²) in [6.07, 6.45) is 1.11. The van der Waals surface area contributed by atoms with E-state index in [0.717, 1.165) is 36.1 Å². The van der Waals surface area contributed by atoms with E-state index in [1.54, 1.807) is 4.90 Å². The third-order valence-corrected chi connectivity index (χ3v) is 4.63. The van der Waals surface area contributed by atoms with Crippen molar-refractivity contribution in [1.82, 2.24) is 9.80 Å². The average molecular weight is 340 g/mol. The minimum absolute atomic E-state index is 0.165. The zero-order valence-electron chi connectivity index (χ0n) is 11.9. The Morgan fingerprint density at radius 2 is 2.25 bits per heavy atom. The maximum Gasteiger partial charge on any atom is 0.236 e. The molecule has 0 bridgehead atoms. The summed E-state index contributed by atoms with van der Waals surface area (Å²) in [5.41, 5.74) is 6.81. The lowest BCUT2D eigenvalue weighted by molar-refractivity contribution is -0.131. The molecule has 0 radical (unpaired) electrons. The third kappa shape index (κ3) is 4.04. The molecule has 1 saturated heterocycles. The Hall–Kier alpha value is -0.910. The molecular weight excluding hydrogens is 318 g/mol. The zero-order valence-corrected chi connectivity index (χ0v) is 13.5. The highest BCUT2D eigenvalue weighted by atomic mass is 79.9. The van der Waals surface area contributed by atoms with Crippen molar-refractivity contribution in [2.45, 2.75) is 13.0 Å². The molecule has 1 aromatic carbocycles. The van der Waals surface area contributed by atoms with Gasteiger partial charge in [0.25, 0.3) is 0 Å². The number of nitrogens with zero attached hydrogens (tertiary/aromatic N) is 2. The number of nitrogens with two attached hydrogens (primary N) is 1. The summed E-state index contributed by atoms with van der Waals surface area (Å²) in [6.45, 7) is 3.78. The van der Waals surface area contributed by atoms with Crippen LogP contribution >= 0.6 is 15.9 Å². The molecule has 1 amide bonds. The number of rotatable bonds is 5. The molecule has 0 saturated carbocycles. The fourth-order valence-electron chi connectivity index (χ4n) is 2.53. The van der Waals surface area contributed by atoms with Gasteiger partial charge in [0.15, 0.2) is 0 Å². The largest absolute Gasteiger partial charge is 0.340 e. The van der Waals surface area contributed by atoms with Crippen molar-refractivity contribution in [2.24, 2.45) is 11.7 Å². The van der Waals surface area contributed by atoms with Gasteiger partial charge in [-0.2, -0.15) is 0 Å². The van der Waals surface area contributed by atoms with Crippen LogP contribution < -0.4 is 5.73 Å². The topological polar surface area (TPSA) is 49.6 Å². The molecule has 0 spiro atoms. The number of amides is 1. The second-order valence-corrected chi connectivity index (χ2v) is 6.32. The molecule has 1 aliphatic heterocycles. The van der Waals surface area contributed by atoms with Gasteiger partial charge in [0.1, 0.15) is 0 Å². The molecule has 110 valence electrons. The summed E-state index contributed by atoms with van der Waals surface area (Å²) < 4.78 is 1.05. The molecular formula is C15H22BrN3O. The normalized spacial score (nSPS) is 19.2. The summed E-state index contributed by atoms with van der Waals surface area (Å²) in [4.78, 5) is 16.2. The van der Waals surface area contributed by atoms with E-state index in [-0.39, 0.29) is 5.91 Å². The highest BCUT2D eigenvalue weighted by molar-refractivity contribution is 9.10. The molecule has 2 rings (SSSR count). The van der Waals surface area contributed by atoms with Gasteiger partial charge in [0.05, 0.1) is 6.54 Å². The van der Waals surface area contributed by atoms with Crippen LogP contribution in [0.1, 0.15) is 12.0 Å². The average Bonchev–Trinajstić information content (AvgIpc) is 2.89. The number of hydrogen-bond acceptors (Lipinski definition) is 3. The second kappa shape index (κ2) is 7.20. The first kappa shape index (κ1) is 15.5. The van der Waals surface area contributed by atoms with E-state index in [2.05, 4.69) is 20.8 Å². The van der Waals surface area contributed by atoms with Gasteiger partial charge in [-0.1, -0.05) is 34.1 Å². The van der Waals surface area contributed by atoms with Crippen LogP contribution in [0.3, 0.4) is 0 Å². The van der Waals surface area contributed by atoms with E-state index in [1.165, 1.54) is 0 Å². The van der Waals surface area contributed by atoms with E-state index in [4.69, 9.17) is 5.73 Å². The fraction of sp³-hybridized carbons (Fsp3) is 0.533. The van der Waals surface area contributed by atoms with E-state index in [9.17, 15) is 4.79 Å². The standard InChI is InChI=1S/C15H22BrN3O/c1-18(10-13-4-2-3-5-14(13)16)15(20)11-19-7-6-12(8-17)9-19/h2-5,12H,6-11,17H2,1H3. The Kier molecular flexibility index (Phi) is 5.57. The predicted octanol–water partition coefficient (Wildman–Crippen LogP) is 1.69. The minimum atomic E-state index is 0.165. The third-order valence-electron chi connectivity index (χ3n) is 3.85. The first-order chi connectivity index (χ1) is 9.60. The molecule has 1 aliphatic rings. The lowest BCUT2D eigenvalue weighted by Crippen LogP contribution is -2.37. The number of hydrogen-bond donors (Lipinski definition) is 1. The van der Waals surface area contributed by atoms with Crippen LogP contribution in [-0.2, 0) is 11.3 Å². The molecule has 1 atom stereocenters. The quantitative estimate of drug-likeness (QED) is 0.887. The molecule has 0 aromatic heterocycles. The second-order valence-electron chi connectivity index (χ2n) is 5.47. The smallest absolute Gasteiger partial charge is 0.236 e. The Balaban J connectivity index is 1.85. The molecule has 1 fully saturated rings. The number of likely N-dealkylation sites (tertiary alicyclic amines) is 1. The van der Waals surface area contributed by atoms with Crippen molar-refractivity contribution in [3.63, 3.8) is 0 Å². The number of likely N-dealkylation sites (N-methyl/N-ethyl adjacent to an activating group) is 1. The first-order valence-electron chi connectivity index (χ1n) is 7.00. The Morgan fingerprint density at radius 3 is 2.90 bits per heavy atom. The number of benzene rings is 1.